The molecule has 0 aliphatic carbocycles. The van der Waals surface area contributed by atoms with Crippen molar-refractivity contribution in [3.05, 3.63) is 93.9 Å². The summed E-state index contributed by atoms with van der Waals surface area (Å²) in [4.78, 5) is 36.4. The number of pyridine rings is 1. The van der Waals surface area contributed by atoms with Gasteiger partial charge in [-0.3, -0.25) is 14.4 Å². The number of nitrogens with one attached hydrogen (secondary N) is 2. The first kappa shape index (κ1) is 20.1. The second-order valence-corrected chi connectivity index (χ2v) is 6.80. The minimum Gasteiger partial charge on any atom is -0.325 e. The van der Waals surface area contributed by atoms with Gasteiger partial charge in [-0.2, -0.15) is 0 Å². The van der Waals surface area contributed by atoms with Crippen molar-refractivity contribution in [3.63, 3.8) is 0 Å². The van der Waals surface area contributed by atoms with Gasteiger partial charge < -0.3 is 15.2 Å². The third-order valence-corrected chi connectivity index (χ3v) is 4.50. The molecule has 0 atom stereocenters. The smallest absolute Gasteiger partial charge is 0.255 e. The zero-order valence-corrected chi connectivity index (χ0v) is 16.4. The predicted molar refractivity (Wildman–Crippen MR) is 114 cm³/mol. The summed E-state index contributed by atoms with van der Waals surface area (Å²) >= 11 is 0. The van der Waals surface area contributed by atoms with Gasteiger partial charge in [0.1, 0.15) is 6.54 Å². The van der Waals surface area contributed by atoms with E-state index in [0.717, 1.165) is 17.7 Å². The van der Waals surface area contributed by atoms with Gasteiger partial charge in [-0.15, -0.1) is 0 Å². The summed E-state index contributed by atoms with van der Waals surface area (Å²) in [5.74, 6) is -0.538. The molecule has 2 aromatic carbocycles. The summed E-state index contributed by atoms with van der Waals surface area (Å²) < 4.78 is 1.36. The van der Waals surface area contributed by atoms with Crippen molar-refractivity contribution in [2.75, 3.05) is 10.6 Å². The van der Waals surface area contributed by atoms with Crippen LogP contribution in [0.15, 0.2) is 71.7 Å². The van der Waals surface area contributed by atoms with E-state index >= 15 is 0 Å². The third-order valence-electron chi connectivity index (χ3n) is 4.50. The molecule has 0 fully saturated rings. The fourth-order valence-electron chi connectivity index (χ4n) is 2.86. The monoisotopic (exact) mass is 389 g/mol. The summed E-state index contributed by atoms with van der Waals surface area (Å²) in [5.41, 5.74) is 3.64. The number of amides is 2. The molecule has 0 aliphatic rings. The molecule has 0 bridgehead atoms. The standard InChI is InChI=1S/C23H23N3O3/c1-3-17-5-9-20(10-6-17)25-23(29)18-7-11-19(12-8-18)24-21(27)15-26-14-16(2)4-13-22(26)28/h4-14H,3,15H2,1-2H3,(H,24,27)(H,25,29). The first-order valence-corrected chi connectivity index (χ1v) is 9.42. The first-order valence-electron chi connectivity index (χ1n) is 9.42. The van der Waals surface area contributed by atoms with Gasteiger partial charge in [0, 0.05) is 29.2 Å². The van der Waals surface area contributed by atoms with Crippen LogP contribution in [0.2, 0.25) is 0 Å². The van der Waals surface area contributed by atoms with Crippen molar-refractivity contribution in [3.8, 4) is 0 Å². The zero-order valence-electron chi connectivity index (χ0n) is 16.4. The van der Waals surface area contributed by atoms with E-state index in [0.29, 0.717) is 11.3 Å². The summed E-state index contributed by atoms with van der Waals surface area (Å²) in [6.07, 6.45) is 2.59. The van der Waals surface area contributed by atoms with Crippen LogP contribution in [0.1, 0.15) is 28.4 Å². The van der Waals surface area contributed by atoms with E-state index in [1.807, 2.05) is 31.2 Å². The Balaban J connectivity index is 1.60. The Morgan fingerprint density at radius 3 is 2.14 bits per heavy atom. The lowest BCUT2D eigenvalue weighted by atomic mass is 10.1. The minimum absolute atomic E-state index is 0.0729. The molecule has 3 rings (SSSR count). The van der Waals surface area contributed by atoms with Crippen LogP contribution in [0.25, 0.3) is 0 Å². The van der Waals surface area contributed by atoms with Crippen molar-refractivity contribution >= 4 is 23.2 Å². The highest BCUT2D eigenvalue weighted by Gasteiger charge is 2.08. The van der Waals surface area contributed by atoms with E-state index in [1.54, 1.807) is 36.5 Å². The minimum atomic E-state index is -0.314. The van der Waals surface area contributed by atoms with Gasteiger partial charge in [0.05, 0.1) is 0 Å². The number of nitrogens with zero attached hydrogens (tertiary/aromatic N) is 1. The van der Waals surface area contributed by atoms with Crippen LogP contribution in [0.3, 0.4) is 0 Å². The molecule has 148 valence electrons. The fourth-order valence-corrected chi connectivity index (χ4v) is 2.86. The van der Waals surface area contributed by atoms with Crippen LogP contribution in [0.5, 0.6) is 0 Å². The van der Waals surface area contributed by atoms with Crippen molar-refractivity contribution in [2.24, 2.45) is 0 Å². The number of rotatable bonds is 6. The number of carbonyl (C=O) groups is 2. The second kappa shape index (κ2) is 9.01. The molecule has 0 aliphatic heterocycles. The maximum atomic E-state index is 12.4. The Morgan fingerprint density at radius 2 is 1.48 bits per heavy atom. The molecule has 0 unspecified atom stereocenters. The number of anilines is 2. The summed E-state index contributed by atoms with van der Waals surface area (Å²) in [7, 11) is 0. The van der Waals surface area contributed by atoms with E-state index in [2.05, 4.69) is 17.6 Å². The Morgan fingerprint density at radius 1 is 0.862 bits per heavy atom. The van der Waals surface area contributed by atoms with Gasteiger partial charge in [-0.25, -0.2) is 0 Å². The number of carbonyl (C=O) groups excluding carboxylic acids is 2. The Labute approximate surface area is 169 Å². The Bertz CT molecular complexity index is 1070. The van der Waals surface area contributed by atoms with Gasteiger partial charge >= 0.3 is 0 Å². The van der Waals surface area contributed by atoms with E-state index in [1.165, 1.54) is 16.2 Å². The number of aromatic nitrogens is 1. The molecule has 2 N–H and O–H groups in total. The van der Waals surface area contributed by atoms with Crippen LogP contribution >= 0.6 is 0 Å². The lowest BCUT2D eigenvalue weighted by Crippen LogP contribution is -2.26. The van der Waals surface area contributed by atoms with E-state index < -0.39 is 0 Å². The summed E-state index contributed by atoms with van der Waals surface area (Å²) in [6.45, 7) is 3.86. The van der Waals surface area contributed by atoms with Crippen molar-refractivity contribution < 1.29 is 9.59 Å². The predicted octanol–water partition coefficient (Wildman–Crippen LogP) is 3.61. The molecule has 1 heterocycles. The zero-order chi connectivity index (χ0) is 20.8. The highest BCUT2D eigenvalue weighted by molar-refractivity contribution is 6.04. The molecule has 0 spiro atoms. The van der Waals surface area contributed by atoms with Crippen molar-refractivity contribution in [1.82, 2.24) is 4.57 Å². The molecule has 0 saturated heterocycles. The van der Waals surface area contributed by atoms with E-state index in [9.17, 15) is 14.4 Å². The lowest BCUT2D eigenvalue weighted by Gasteiger charge is -2.09. The van der Waals surface area contributed by atoms with Crippen LogP contribution in [0.4, 0.5) is 11.4 Å². The number of benzene rings is 2. The Hall–Kier alpha value is -3.67. The molecule has 6 nitrogen and oxygen atoms in total. The normalized spacial score (nSPS) is 10.4. The van der Waals surface area contributed by atoms with Gasteiger partial charge in [0.15, 0.2) is 0 Å². The van der Waals surface area contributed by atoms with E-state index in [4.69, 9.17) is 0 Å². The average Bonchev–Trinajstić information content (AvgIpc) is 2.72. The topological polar surface area (TPSA) is 80.2 Å². The Kier molecular flexibility index (Phi) is 6.24. The maximum Gasteiger partial charge on any atom is 0.255 e. The lowest BCUT2D eigenvalue weighted by molar-refractivity contribution is -0.116. The highest BCUT2D eigenvalue weighted by Crippen LogP contribution is 2.14. The van der Waals surface area contributed by atoms with Crippen molar-refractivity contribution in [1.29, 1.82) is 0 Å². The molecule has 6 heteroatoms. The highest BCUT2D eigenvalue weighted by atomic mass is 16.2. The molecular weight excluding hydrogens is 366 g/mol. The molecule has 2 amide bonds. The third kappa shape index (κ3) is 5.42. The first-order chi connectivity index (χ1) is 13.9. The molecule has 3 aromatic rings. The van der Waals surface area contributed by atoms with Crippen molar-refractivity contribution in [2.45, 2.75) is 26.8 Å². The fraction of sp³-hybridized carbons (Fsp3) is 0.174. The van der Waals surface area contributed by atoms with Crippen LogP contribution in [0, 0.1) is 6.92 Å². The van der Waals surface area contributed by atoms with Gasteiger partial charge in [-0.1, -0.05) is 25.1 Å². The molecule has 0 radical (unpaired) electrons. The number of hydrogen-bond donors (Lipinski definition) is 2. The van der Waals surface area contributed by atoms with E-state index in [-0.39, 0.29) is 23.9 Å². The molecule has 29 heavy (non-hydrogen) atoms. The average molecular weight is 389 g/mol. The molecular formula is C23H23N3O3. The SMILES string of the molecule is CCc1ccc(NC(=O)c2ccc(NC(=O)Cn3cc(C)ccc3=O)cc2)cc1. The van der Waals surface area contributed by atoms with Gasteiger partial charge in [0.2, 0.25) is 5.91 Å². The number of hydrogen-bond acceptors (Lipinski definition) is 3. The molecule has 1 aromatic heterocycles. The van der Waals surface area contributed by atoms with Crippen LogP contribution < -0.4 is 16.2 Å². The second-order valence-electron chi connectivity index (χ2n) is 6.80. The van der Waals surface area contributed by atoms with Gasteiger partial charge in [-0.05, 0) is 60.9 Å². The maximum absolute atomic E-state index is 12.4. The van der Waals surface area contributed by atoms with Crippen LogP contribution in [-0.2, 0) is 17.8 Å². The van der Waals surface area contributed by atoms with Gasteiger partial charge in [0.25, 0.3) is 11.5 Å². The molecule has 0 saturated carbocycles. The largest absolute Gasteiger partial charge is 0.325 e. The number of aryl methyl sites for hydroxylation is 2. The summed E-state index contributed by atoms with van der Waals surface area (Å²) in [6, 6.07) is 17.5. The quantitative estimate of drug-likeness (QED) is 0.676. The summed E-state index contributed by atoms with van der Waals surface area (Å²) in [5, 5.41) is 5.58. The van der Waals surface area contributed by atoms with Crippen LogP contribution in [-0.4, -0.2) is 16.4 Å².